The number of carbonyl (C=O) groups is 1. The molecule has 1 spiro atoms. The second kappa shape index (κ2) is 5.86. The van der Waals surface area contributed by atoms with Crippen LogP contribution in [0.15, 0.2) is 48.7 Å². The Hall–Kier alpha value is -2.30. The van der Waals surface area contributed by atoms with Crippen molar-refractivity contribution in [2.45, 2.75) is 18.3 Å². The highest BCUT2D eigenvalue weighted by molar-refractivity contribution is 6.31. The maximum atomic E-state index is 13.5. The van der Waals surface area contributed by atoms with Crippen LogP contribution in [-0.2, 0) is 5.41 Å². The average molecular weight is 366 g/mol. The van der Waals surface area contributed by atoms with Gasteiger partial charge in [0.2, 0.25) is 0 Å². The van der Waals surface area contributed by atoms with Crippen molar-refractivity contribution >= 4 is 34.1 Å². The third kappa shape index (κ3) is 2.29. The van der Waals surface area contributed by atoms with Gasteiger partial charge in [0.15, 0.2) is 0 Å². The number of piperidine rings is 1. The molecular weight excluding hydrogens is 346 g/mol. The normalized spacial score (nSPS) is 18.4. The maximum Gasteiger partial charge on any atom is 0.260 e. The van der Waals surface area contributed by atoms with E-state index in [-0.39, 0.29) is 11.3 Å². The van der Waals surface area contributed by atoms with E-state index in [0.717, 1.165) is 49.1 Å². The summed E-state index contributed by atoms with van der Waals surface area (Å²) in [5.41, 5.74) is 4.05. The zero-order chi connectivity index (χ0) is 17.7. The van der Waals surface area contributed by atoms with Gasteiger partial charge in [-0.05, 0) is 49.7 Å². The van der Waals surface area contributed by atoms with E-state index in [1.165, 1.54) is 5.56 Å². The van der Waals surface area contributed by atoms with Gasteiger partial charge in [0.1, 0.15) is 0 Å². The van der Waals surface area contributed by atoms with Crippen LogP contribution in [0.4, 0.5) is 5.69 Å². The highest BCUT2D eigenvalue weighted by Crippen LogP contribution is 2.46. The molecule has 1 amide bonds. The number of carbonyl (C=O) groups excluding carboxylic acids is 1. The smallest absolute Gasteiger partial charge is 0.260 e. The van der Waals surface area contributed by atoms with Gasteiger partial charge in [0.05, 0.1) is 5.56 Å². The number of nitrogens with one attached hydrogen (secondary N) is 2. The van der Waals surface area contributed by atoms with Crippen LogP contribution in [0.2, 0.25) is 5.02 Å². The summed E-state index contributed by atoms with van der Waals surface area (Å²) >= 11 is 6.08. The standard InChI is InChI=1S/C21H20ClN3O/c22-14-5-6-15-16(12-24-18(15)11-14)20(26)25-13-21(7-9-23-10-8-21)17-3-1-2-4-19(17)25/h1-6,11-12,23-24H,7-10,13H2. The SMILES string of the molecule is O=C(c1c[nH]c2cc(Cl)ccc12)N1CC2(CCNCC2)c2ccccc21. The van der Waals surface area contributed by atoms with Crippen molar-refractivity contribution < 1.29 is 4.79 Å². The Balaban J connectivity index is 1.58. The van der Waals surface area contributed by atoms with Gasteiger partial charge in [-0.25, -0.2) is 0 Å². The second-order valence-electron chi connectivity index (χ2n) is 7.33. The lowest BCUT2D eigenvalue weighted by atomic mass is 9.75. The lowest BCUT2D eigenvalue weighted by Gasteiger charge is -2.34. The summed E-state index contributed by atoms with van der Waals surface area (Å²) in [7, 11) is 0. The van der Waals surface area contributed by atoms with Crippen LogP contribution in [0.25, 0.3) is 10.9 Å². The number of rotatable bonds is 1. The molecule has 2 aliphatic heterocycles. The fourth-order valence-electron chi connectivity index (χ4n) is 4.57. The van der Waals surface area contributed by atoms with Crippen molar-refractivity contribution in [3.8, 4) is 0 Å². The molecule has 1 saturated heterocycles. The second-order valence-corrected chi connectivity index (χ2v) is 7.77. The Labute approximate surface area is 157 Å². The van der Waals surface area contributed by atoms with Crippen molar-refractivity contribution in [1.29, 1.82) is 0 Å². The molecule has 2 aromatic carbocycles. The van der Waals surface area contributed by atoms with Gasteiger partial charge in [-0.3, -0.25) is 4.79 Å². The quantitative estimate of drug-likeness (QED) is 0.682. The molecule has 0 aliphatic carbocycles. The van der Waals surface area contributed by atoms with Gasteiger partial charge >= 0.3 is 0 Å². The van der Waals surface area contributed by atoms with Crippen LogP contribution in [0.3, 0.4) is 0 Å². The molecule has 1 fully saturated rings. The summed E-state index contributed by atoms with van der Waals surface area (Å²) in [6, 6.07) is 14.0. The molecule has 2 aliphatic rings. The molecule has 0 atom stereocenters. The van der Waals surface area contributed by atoms with E-state index in [0.29, 0.717) is 10.6 Å². The Morgan fingerprint density at radius 1 is 1.12 bits per heavy atom. The van der Waals surface area contributed by atoms with E-state index in [1.807, 2.05) is 29.2 Å². The van der Waals surface area contributed by atoms with Gasteiger partial charge in [-0.15, -0.1) is 0 Å². The molecule has 3 heterocycles. The van der Waals surface area contributed by atoms with Crippen LogP contribution < -0.4 is 10.2 Å². The van der Waals surface area contributed by atoms with Crippen molar-refractivity contribution in [1.82, 2.24) is 10.3 Å². The summed E-state index contributed by atoms with van der Waals surface area (Å²) in [5, 5.41) is 5.03. The monoisotopic (exact) mass is 365 g/mol. The number of nitrogens with zero attached hydrogens (tertiary/aromatic N) is 1. The highest BCUT2D eigenvalue weighted by atomic mass is 35.5. The van der Waals surface area contributed by atoms with Gasteiger partial charge in [0, 0.05) is 39.8 Å². The Morgan fingerprint density at radius 3 is 2.77 bits per heavy atom. The van der Waals surface area contributed by atoms with Crippen LogP contribution >= 0.6 is 11.6 Å². The average Bonchev–Trinajstić information content (AvgIpc) is 3.22. The van der Waals surface area contributed by atoms with E-state index in [9.17, 15) is 4.79 Å². The first-order valence-corrected chi connectivity index (χ1v) is 9.45. The fourth-order valence-corrected chi connectivity index (χ4v) is 4.74. The van der Waals surface area contributed by atoms with Crippen molar-refractivity contribution in [3.63, 3.8) is 0 Å². The Kier molecular flexibility index (Phi) is 3.59. The summed E-state index contributed by atoms with van der Waals surface area (Å²) in [4.78, 5) is 18.6. The lowest BCUT2D eigenvalue weighted by Crippen LogP contribution is -2.44. The number of aromatic amines is 1. The topological polar surface area (TPSA) is 48.1 Å². The van der Waals surface area contributed by atoms with Crippen LogP contribution in [-0.4, -0.2) is 30.5 Å². The molecular formula is C21H20ClN3O. The molecule has 0 bridgehead atoms. The number of benzene rings is 2. The molecule has 5 heteroatoms. The van der Waals surface area contributed by atoms with Crippen LogP contribution in [0, 0.1) is 0 Å². The number of hydrogen-bond acceptors (Lipinski definition) is 2. The van der Waals surface area contributed by atoms with Crippen molar-refractivity contribution in [2.75, 3.05) is 24.5 Å². The van der Waals surface area contributed by atoms with E-state index in [2.05, 4.69) is 28.5 Å². The summed E-state index contributed by atoms with van der Waals surface area (Å²) in [6.07, 6.45) is 3.94. The molecule has 0 unspecified atom stereocenters. The number of fused-ring (bicyclic) bond motifs is 3. The predicted molar refractivity (Wildman–Crippen MR) is 105 cm³/mol. The third-order valence-corrected chi connectivity index (χ3v) is 6.14. The van der Waals surface area contributed by atoms with E-state index >= 15 is 0 Å². The Bertz CT molecular complexity index is 1000. The zero-order valence-corrected chi connectivity index (χ0v) is 15.1. The number of para-hydroxylation sites is 1. The lowest BCUT2D eigenvalue weighted by molar-refractivity contribution is 0.0984. The zero-order valence-electron chi connectivity index (χ0n) is 14.4. The largest absolute Gasteiger partial charge is 0.360 e. The molecule has 4 nitrogen and oxygen atoms in total. The fraction of sp³-hybridized carbons (Fsp3) is 0.286. The molecule has 26 heavy (non-hydrogen) atoms. The van der Waals surface area contributed by atoms with Crippen molar-refractivity contribution in [3.05, 3.63) is 64.8 Å². The molecule has 5 rings (SSSR count). The number of H-pyrrole nitrogens is 1. The third-order valence-electron chi connectivity index (χ3n) is 5.91. The number of hydrogen-bond donors (Lipinski definition) is 2. The minimum absolute atomic E-state index is 0.0569. The first-order valence-electron chi connectivity index (χ1n) is 9.07. The molecule has 1 aromatic heterocycles. The van der Waals surface area contributed by atoms with Crippen LogP contribution in [0.1, 0.15) is 28.8 Å². The summed E-state index contributed by atoms with van der Waals surface area (Å²) < 4.78 is 0. The molecule has 2 N–H and O–H groups in total. The van der Waals surface area contributed by atoms with Gasteiger partial charge in [0.25, 0.3) is 5.91 Å². The van der Waals surface area contributed by atoms with E-state index in [4.69, 9.17) is 11.6 Å². The number of aromatic nitrogens is 1. The van der Waals surface area contributed by atoms with Crippen molar-refractivity contribution in [2.24, 2.45) is 0 Å². The van der Waals surface area contributed by atoms with E-state index in [1.54, 1.807) is 6.20 Å². The molecule has 132 valence electrons. The predicted octanol–water partition coefficient (Wildman–Crippen LogP) is 4.10. The number of amides is 1. The van der Waals surface area contributed by atoms with Gasteiger partial charge in [-0.1, -0.05) is 35.9 Å². The first-order chi connectivity index (χ1) is 12.7. The number of halogens is 1. The van der Waals surface area contributed by atoms with Crippen LogP contribution in [0.5, 0.6) is 0 Å². The van der Waals surface area contributed by atoms with E-state index < -0.39 is 0 Å². The molecule has 3 aromatic rings. The molecule has 0 radical (unpaired) electrons. The van der Waals surface area contributed by atoms with Gasteiger partial charge < -0.3 is 15.2 Å². The van der Waals surface area contributed by atoms with Gasteiger partial charge in [-0.2, -0.15) is 0 Å². The highest BCUT2D eigenvalue weighted by Gasteiger charge is 2.45. The first kappa shape index (κ1) is 15.9. The summed E-state index contributed by atoms with van der Waals surface area (Å²) in [5.74, 6) is 0.0569. The minimum atomic E-state index is 0.0569. The number of anilines is 1. The maximum absolute atomic E-state index is 13.5. The molecule has 0 saturated carbocycles. The Morgan fingerprint density at radius 2 is 1.92 bits per heavy atom. The minimum Gasteiger partial charge on any atom is -0.360 e. The summed E-state index contributed by atoms with van der Waals surface area (Å²) in [6.45, 7) is 2.76.